The predicted octanol–water partition coefficient (Wildman–Crippen LogP) is 4.83. The summed E-state index contributed by atoms with van der Waals surface area (Å²) < 4.78 is 0. The highest BCUT2D eigenvalue weighted by Crippen LogP contribution is 2.36. The molecule has 1 aliphatic rings. The van der Waals surface area contributed by atoms with Gasteiger partial charge in [-0.05, 0) is 46.8 Å². The van der Waals surface area contributed by atoms with Gasteiger partial charge < -0.3 is 5.32 Å². The van der Waals surface area contributed by atoms with Crippen molar-refractivity contribution in [2.45, 2.75) is 13.0 Å². The van der Waals surface area contributed by atoms with Crippen LogP contribution in [0.3, 0.4) is 0 Å². The van der Waals surface area contributed by atoms with Gasteiger partial charge in [0.05, 0.1) is 11.7 Å². The van der Waals surface area contributed by atoms with Crippen LogP contribution in [-0.4, -0.2) is 18.4 Å². The highest BCUT2D eigenvalue weighted by Gasteiger charge is 2.31. The third-order valence-electron chi connectivity index (χ3n) is 5.60. The Kier molecular flexibility index (Phi) is 4.06. The second-order valence-corrected chi connectivity index (χ2v) is 7.47. The monoisotopic (exact) mass is 380 g/mol. The topological polar surface area (TPSA) is 49.4 Å². The number of anilines is 1. The zero-order valence-corrected chi connectivity index (χ0v) is 16.1. The number of fused-ring (bicyclic) bond motifs is 1. The van der Waals surface area contributed by atoms with Gasteiger partial charge in [-0.15, -0.1) is 0 Å². The van der Waals surface area contributed by atoms with Crippen molar-refractivity contribution in [2.75, 3.05) is 11.4 Å². The van der Waals surface area contributed by atoms with E-state index in [4.69, 9.17) is 0 Å². The molecule has 0 radical (unpaired) electrons. The molecule has 1 aliphatic heterocycles. The minimum absolute atomic E-state index is 0.00451. The predicted molar refractivity (Wildman–Crippen MR) is 116 cm³/mol. The number of nitrogens with zero attached hydrogens (tertiary/aromatic N) is 1. The highest BCUT2D eigenvalue weighted by atomic mass is 16.2. The Balaban J connectivity index is 1.35. The molecule has 0 unspecified atom stereocenters. The van der Waals surface area contributed by atoms with Gasteiger partial charge in [0, 0.05) is 10.9 Å². The second-order valence-electron chi connectivity index (χ2n) is 7.47. The molecule has 0 aromatic heterocycles. The first-order valence-electron chi connectivity index (χ1n) is 9.73. The van der Waals surface area contributed by atoms with Gasteiger partial charge in [-0.25, -0.2) is 0 Å². The number of carbonyl (C=O) groups is 2. The molecule has 0 saturated heterocycles. The van der Waals surface area contributed by atoms with E-state index in [9.17, 15) is 9.59 Å². The summed E-state index contributed by atoms with van der Waals surface area (Å²) in [6.07, 6.45) is 0. The first kappa shape index (κ1) is 17.4. The van der Waals surface area contributed by atoms with Gasteiger partial charge in [0.15, 0.2) is 0 Å². The average Bonchev–Trinajstić information content (AvgIpc) is 3.01. The van der Waals surface area contributed by atoms with Crippen molar-refractivity contribution in [3.05, 3.63) is 90.0 Å². The van der Waals surface area contributed by atoms with Crippen molar-refractivity contribution in [3.8, 4) is 0 Å². The summed E-state index contributed by atoms with van der Waals surface area (Å²) in [6, 6.07) is 25.7. The van der Waals surface area contributed by atoms with Crippen LogP contribution < -0.4 is 10.2 Å². The van der Waals surface area contributed by atoms with E-state index in [1.807, 2.05) is 61.5 Å². The fraction of sp³-hybridized carbons (Fsp3) is 0.120. The van der Waals surface area contributed by atoms with Crippen molar-refractivity contribution in [1.82, 2.24) is 5.32 Å². The molecule has 0 aliphatic carbocycles. The Bertz CT molecular complexity index is 1270. The van der Waals surface area contributed by atoms with Gasteiger partial charge >= 0.3 is 0 Å². The van der Waals surface area contributed by atoms with E-state index in [-0.39, 0.29) is 24.4 Å². The summed E-state index contributed by atoms with van der Waals surface area (Å²) in [5.74, 6) is -0.297. The van der Waals surface area contributed by atoms with E-state index in [0.29, 0.717) is 5.56 Å². The molecule has 142 valence electrons. The minimum atomic E-state index is -0.177. The molecule has 1 atom stereocenters. The van der Waals surface area contributed by atoms with Gasteiger partial charge in [0.1, 0.15) is 6.54 Å². The minimum Gasteiger partial charge on any atom is -0.348 e. The molecule has 0 fully saturated rings. The molecule has 29 heavy (non-hydrogen) atoms. The lowest BCUT2D eigenvalue weighted by Gasteiger charge is -2.20. The summed E-state index contributed by atoms with van der Waals surface area (Å²) in [5.41, 5.74) is 2.50. The lowest BCUT2D eigenvalue weighted by atomic mass is 10.0. The molecule has 4 nitrogen and oxygen atoms in total. The average molecular weight is 380 g/mol. The number of carbonyl (C=O) groups excluding carboxylic acids is 2. The van der Waals surface area contributed by atoms with E-state index >= 15 is 0 Å². The molecule has 4 aromatic rings. The van der Waals surface area contributed by atoms with E-state index in [1.54, 1.807) is 4.90 Å². The molecule has 1 N–H and O–H groups in total. The molecule has 0 bridgehead atoms. The SMILES string of the molecule is C[C@@H](NC(=O)CN1C(=O)c2cccc3cccc1c23)c1ccc2ccccc2c1. The van der Waals surface area contributed by atoms with Gasteiger partial charge in [-0.2, -0.15) is 0 Å². The van der Waals surface area contributed by atoms with Crippen molar-refractivity contribution in [3.63, 3.8) is 0 Å². The van der Waals surface area contributed by atoms with Crippen molar-refractivity contribution in [1.29, 1.82) is 0 Å². The Hall–Kier alpha value is -3.66. The first-order valence-corrected chi connectivity index (χ1v) is 9.73. The zero-order chi connectivity index (χ0) is 20.0. The smallest absolute Gasteiger partial charge is 0.259 e. The normalized spacial score (nSPS) is 13.8. The standard InChI is InChI=1S/C25H20N2O2/c1-16(19-13-12-17-6-2-3-7-20(17)14-19)26-23(28)15-27-22-11-5-9-18-8-4-10-21(24(18)22)25(27)29/h2-14,16H,15H2,1H3,(H,26,28)/t16-/m1/s1. The van der Waals surface area contributed by atoms with Gasteiger partial charge in [0.2, 0.25) is 5.91 Å². The molecule has 0 spiro atoms. The molecular weight excluding hydrogens is 360 g/mol. The highest BCUT2D eigenvalue weighted by molar-refractivity contribution is 6.26. The zero-order valence-electron chi connectivity index (χ0n) is 16.1. The Morgan fingerprint density at radius 1 is 0.897 bits per heavy atom. The number of hydrogen-bond donors (Lipinski definition) is 1. The molecule has 5 rings (SSSR count). The van der Waals surface area contributed by atoms with Crippen LogP contribution in [0.1, 0.15) is 28.9 Å². The van der Waals surface area contributed by atoms with Crippen LogP contribution in [0.15, 0.2) is 78.9 Å². The number of benzene rings is 4. The van der Waals surface area contributed by atoms with Crippen LogP contribution in [0.25, 0.3) is 21.5 Å². The molecule has 4 aromatic carbocycles. The maximum atomic E-state index is 12.9. The summed E-state index contributed by atoms with van der Waals surface area (Å²) >= 11 is 0. The summed E-state index contributed by atoms with van der Waals surface area (Å²) in [6.45, 7) is 1.97. The number of hydrogen-bond acceptors (Lipinski definition) is 2. The van der Waals surface area contributed by atoms with E-state index in [0.717, 1.165) is 27.4 Å². The summed E-state index contributed by atoms with van der Waals surface area (Å²) in [5, 5.41) is 7.29. The summed E-state index contributed by atoms with van der Waals surface area (Å²) in [7, 11) is 0. The van der Waals surface area contributed by atoms with Crippen molar-refractivity contribution < 1.29 is 9.59 Å². The first-order chi connectivity index (χ1) is 14.1. The van der Waals surface area contributed by atoms with E-state index in [2.05, 4.69) is 29.6 Å². The molecular formula is C25H20N2O2. The van der Waals surface area contributed by atoms with Crippen LogP contribution in [-0.2, 0) is 4.79 Å². The lowest BCUT2D eigenvalue weighted by molar-refractivity contribution is -0.120. The van der Waals surface area contributed by atoms with E-state index in [1.165, 1.54) is 5.39 Å². The second kappa shape index (κ2) is 6.74. The number of nitrogens with one attached hydrogen (secondary N) is 1. The fourth-order valence-electron chi connectivity index (χ4n) is 4.13. The fourth-order valence-corrected chi connectivity index (χ4v) is 4.13. The molecule has 4 heteroatoms. The molecule has 2 amide bonds. The van der Waals surface area contributed by atoms with Crippen molar-refractivity contribution >= 4 is 39.0 Å². The Morgan fingerprint density at radius 2 is 1.62 bits per heavy atom. The molecule has 0 saturated carbocycles. The number of rotatable bonds is 4. The van der Waals surface area contributed by atoms with Crippen LogP contribution in [0.4, 0.5) is 5.69 Å². The molecule has 1 heterocycles. The quantitative estimate of drug-likeness (QED) is 0.551. The van der Waals surface area contributed by atoms with Gasteiger partial charge in [-0.3, -0.25) is 14.5 Å². The van der Waals surface area contributed by atoms with Gasteiger partial charge in [0.25, 0.3) is 5.91 Å². The Labute approximate surface area is 168 Å². The third-order valence-corrected chi connectivity index (χ3v) is 5.60. The van der Waals surface area contributed by atoms with Gasteiger partial charge in [-0.1, -0.05) is 60.7 Å². The van der Waals surface area contributed by atoms with Crippen LogP contribution >= 0.6 is 0 Å². The third kappa shape index (κ3) is 2.93. The summed E-state index contributed by atoms with van der Waals surface area (Å²) in [4.78, 5) is 27.2. The lowest BCUT2D eigenvalue weighted by Crippen LogP contribution is -2.39. The largest absolute Gasteiger partial charge is 0.348 e. The van der Waals surface area contributed by atoms with Crippen LogP contribution in [0.2, 0.25) is 0 Å². The van der Waals surface area contributed by atoms with Crippen LogP contribution in [0, 0.1) is 0 Å². The van der Waals surface area contributed by atoms with E-state index < -0.39 is 0 Å². The van der Waals surface area contributed by atoms with Crippen LogP contribution in [0.5, 0.6) is 0 Å². The maximum Gasteiger partial charge on any atom is 0.259 e. The number of amides is 2. The maximum absolute atomic E-state index is 12.9. The van der Waals surface area contributed by atoms with Crippen molar-refractivity contribution in [2.24, 2.45) is 0 Å². The Morgan fingerprint density at radius 3 is 2.45 bits per heavy atom.